The third kappa shape index (κ3) is 3.49. The van der Waals surface area contributed by atoms with Crippen molar-refractivity contribution in [2.24, 2.45) is 0 Å². The second-order valence-electron chi connectivity index (χ2n) is 4.57. The number of aldehydes is 1. The highest BCUT2D eigenvalue weighted by molar-refractivity contribution is 5.79. The van der Waals surface area contributed by atoms with Gasteiger partial charge in [-0.05, 0) is 30.7 Å². The van der Waals surface area contributed by atoms with Crippen LogP contribution in [-0.2, 0) is 6.61 Å². The zero-order chi connectivity index (χ0) is 17.0. The van der Waals surface area contributed by atoms with Crippen LogP contribution in [0.15, 0.2) is 36.4 Å². The van der Waals surface area contributed by atoms with Gasteiger partial charge < -0.3 is 4.74 Å². The van der Waals surface area contributed by atoms with Crippen molar-refractivity contribution in [1.82, 2.24) is 0 Å². The van der Waals surface area contributed by atoms with Crippen molar-refractivity contribution >= 4 is 17.7 Å². The highest BCUT2D eigenvalue weighted by atomic mass is 16.6. The predicted molar refractivity (Wildman–Crippen MR) is 80.4 cm³/mol. The van der Waals surface area contributed by atoms with Crippen LogP contribution in [0, 0.1) is 27.2 Å². The minimum absolute atomic E-state index is 0.167. The molecule has 8 heteroatoms. The summed E-state index contributed by atoms with van der Waals surface area (Å²) in [5, 5.41) is 22.1. The number of hydrogen-bond donors (Lipinski definition) is 0. The normalized spacial score (nSPS) is 10.1. The third-order valence-corrected chi connectivity index (χ3v) is 3.09. The molecular weight excluding hydrogens is 304 g/mol. The van der Waals surface area contributed by atoms with Crippen molar-refractivity contribution in [2.45, 2.75) is 6.61 Å². The maximum Gasteiger partial charge on any atom is 0.282 e. The van der Waals surface area contributed by atoms with E-state index in [2.05, 4.69) is 6.92 Å². The Morgan fingerprint density at radius 1 is 1.09 bits per heavy atom. The van der Waals surface area contributed by atoms with Gasteiger partial charge in [-0.1, -0.05) is 6.07 Å². The number of nitro groups is 2. The Hall–Kier alpha value is -3.29. The van der Waals surface area contributed by atoms with Crippen LogP contribution >= 0.6 is 0 Å². The number of ether oxygens (including phenoxy) is 1. The first-order valence-corrected chi connectivity index (χ1v) is 6.38. The maximum atomic E-state index is 11.0. The van der Waals surface area contributed by atoms with Crippen molar-refractivity contribution < 1.29 is 19.4 Å². The van der Waals surface area contributed by atoms with E-state index in [0.717, 1.165) is 12.1 Å². The lowest BCUT2D eigenvalue weighted by Gasteiger charge is -2.09. The van der Waals surface area contributed by atoms with Gasteiger partial charge in [0, 0.05) is 12.1 Å². The van der Waals surface area contributed by atoms with Gasteiger partial charge in [0.1, 0.15) is 17.9 Å². The van der Waals surface area contributed by atoms with Crippen molar-refractivity contribution in [3.05, 3.63) is 80.2 Å². The number of nitrogens with zero attached hydrogens (tertiary/aromatic N) is 2. The van der Waals surface area contributed by atoms with E-state index in [1.54, 1.807) is 6.07 Å². The second kappa shape index (κ2) is 6.65. The Morgan fingerprint density at radius 2 is 1.70 bits per heavy atom. The molecule has 0 aliphatic carbocycles. The van der Waals surface area contributed by atoms with Crippen LogP contribution in [0.1, 0.15) is 21.5 Å². The Kier molecular flexibility index (Phi) is 4.65. The summed E-state index contributed by atoms with van der Waals surface area (Å²) >= 11 is 0. The molecule has 0 heterocycles. The number of carbonyl (C=O) groups is 1. The summed E-state index contributed by atoms with van der Waals surface area (Å²) in [7, 11) is 0. The molecule has 0 saturated carbocycles. The monoisotopic (exact) mass is 315 g/mol. The van der Waals surface area contributed by atoms with E-state index in [1.807, 2.05) is 0 Å². The smallest absolute Gasteiger partial charge is 0.282 e. The highest BCUT2D eigenvalue weighted by Gasteiger charge is 2.25. The van der Waals surface area contributed by atoms with Gasteiger partial charge in [-0.25, -0.2) is 0 Å². The SMILES string of the molecule is [CH2]c1ccc(OCc2c([N+](=O)[O-])cccc2[N+](=O)[O-])c(C=O)c1. The molecule has 0 aliphatic rings. The number of carbonyl (C=O) groups excluding carboxylic acids is 1. The van der Waals surface area contributed by atoms with Crippen LogP contribution in [0.25, 0.3) is 0 Å². The topological polar surface area (TPSA) is 113 Å². The van der Waals surface area contributed by atoms with Crippen LogP contribution in [-0.4, -0.2) is 16.1 Å². The molecule has 0 atom stereocenters. The molecule has 0 fully saturated rings. The summed E-state index contributed by atoms with van der Waals surface area (Å²) in [6.07, 6.45) is 0.553. The largest absolute Gasteiger partial charge is 0.488 e. The van der Waals surface area contributed by atoms with Crippen molar-refractivity contribution in [3.63, 3.8) is 0 Å². The molecule has 2 rings (SSSR count). The van der Waals surface area contributed by atoms with Gasteiger partial charge in [0.25, 0.3) is 11.4 Å². The number of benzene rings is 2. The van der Waals surface area contributed by atoms with E-state index in [0.29, 0.717) is 11.8 Å². The average molecular weight is 315 g/mol. The predicted octanol–water partition coefficient (Wildman–Crippen LogP) is 3.08. The van der Waals surface area contributed by atoms with Crippen LogP contribution in [0.3, 0.4) is 0 Å². The minimum atomic E-state index is -0.717. The maximum absolute atomic E-state index is 11.0. The zero-order valence-corrected chi connectivity index (χ0v) is 11.8. The lowest BCUT2D eigenvalue weighted by Crippen LogP contribution is -2.05. The number of nitro benzene ring substituents is 2. The lowest BCUT2D eigenvalue weighted by molar-refractivity contribution is -0.396. The van der Waals surface area contributed by atoms with E-state index in [1.165, 1.54) is 18.2 Å². The molecular formula is C15H11N2O6. The van der Waals surface area contributed by atoms with E-state index in [4.69, 9.17) is 4.74 Å². The quantitative estimate of drug-likeness (QED) is 0.460. The van der Waals surface area contributed by atoms with E-state index >= 15 is 0 Å². The summed E-state index contributed by atoms with van der Waals surface area (Å²) in [5.74, 6) is 0.167. The van der Waals surface area contributed by atoms with Crippen LogP contribution in [0.5, 0.6) is 5.75 Å². The summed E-state index contributed by atoms with van der Waals surface area (Å²) in [5.41, 5.74) is -0.200. The van der Waals surface area contributed by atoms with Gasteiger partial charge in [0.05, 0.1) is 15.4 Å². The Morgan fingerprint density at radius 3 is 2.22 bits per heavy atom. The van der Waals surface area contributed by atoms with Crippen LogP contribution in [0.2, 0.25) is 0 Å². The summed E-state index contributed by atoms with van der Waals surface area (Å²) < 4.78 is 5.38. The summed E-state index contributed by atoms with van der Waals surface area (Å²) in [4.78, 5) is 31.7. The van der Waals surface area contributed by atoms with E-state index in [-0.39, 0.29) is 16.9 Å². The first-order chi connectivity index (χ1) is 10.9. The molecule has 2 aromatic carbocycles. The molecule has 117 valence electrons. The zero-order valence-electron chi connectivity index (χ0n) is 11.8. The molecule has 0 N–H and O–H groups in total. The third-order valence-electron chi connectivity index (χ3n) is 3.09. The fraction of sp³-hybridized carbons (Fsp3) is 0.0667. The van der Waals surface area contributed by atoms with Gasteiger partial charge in [-0.3, -0.25) is 25.0 Å². The molecule has 0 amide bonds. The highest BCUT2D eigenvalue weighted by Crippen LogP contribution is 2.30. The fourth-order valence-electron chi connectivity index (χ4n) is 2.02. The molecule has 0 aliphatic heterocycles. The minimum Gasteiger partial charge on any atom is -0.488 e. The fourth-order valence-corrected chi connectivity index (χ4v) is 2.02. The Bertz CT molecular complexity index is 755. The Balaban J connectivity index is 2.39. The molecule has 2 aromatic rings. The molecule has 8 nitrogen and oxygen atoms in total. The van der Waals surface area contributed by atoms with Gasteiger partial charge in [-0.2, -0.15) is 0 Å². The molecule has 0 unspecified atom stereocenters. The molecule has 1 radical (unpaired) electrons. The number of hydrogen-bond acceptors (Lipinski definition) is 6. The standard InChI is InChI=1S/C15H11N2O6/c1-10-5-6-15(11(7-10)8-18)23-9-12-13(16(19)20)3-2-4-14(12)17(21)22/h2-8H,1,9H2. The average Bonchev–Trinajstić information content (AvgIpc) is 2.52. The van der Waals surface area contributed by atoms with Gasteiger partial charge in [-0.15, -0.1) is 0 Å². The van der Waals surface area contributed by atoms with Crippen molar-refractivity contribution in [3.8, 4) is 5.75 Å². The van der Waals surface area contributed by atoms with Crippen LogP contribution in [0.4, 0.5) is 11.4 Å². The molecule has 0 saturated heterocycles. The first kappa shape index (κ1) is 16.1. The molecule has 23 heavy (non-hydrogen) atoms. The van der Waals surface area contributed by atoms with E-state index in [9.17, 15) is 25.0 Å². The van der Waals surface area contributed by atoms with Gasteiger partial charge in [0.2, 0.25) is 0 Å². The summed E-state index contributed by atoms with van der Waals surface area (Å²) in [6.45, 7) is 3.26. The Labute approximate surface area is 130 Å². The number of rotatable bonds is 6. The first-order valence-electron chi connectivity index (χ1n) is 6.38. The summed E-state index contributed by atoms with van der Waals surface area (Å²) in [6, 6.07) is 8.10. The van der Waals surface area contributed by atoms with E-state index < -0.39 is 27.8 Å². The molecule has 0 aromatic heterocycles. The van der Waals surface area contributed by atoms with Gasteiger partial charge >= 0.3 is 0 Å². The van der Waals surface area contributed by atoms with Crippen molar-refractivity contribution in [1.29, 1.82) is 0 Å². The van der Waals surface area contributed by atoms with Crippen LogP contribution < -0.4 is 4.74 Å². The molecule has 0 spiro atoms. The van der Waals surface area contributed by atoms with Crippen molar-refractivity contribution in [2.75, 3.05) is 0 Å². The molecule has 0 bridgehead atoms. The lowest BCUT2D eigenvalue weighted by atomic mass is 10.1. The second-order valence-corrected chi connectivity index (χ2v) is 4.57. The van der Waals surface area contributed by atoms with Gasteiger partial charge in [0.15, 0.2) is 6.29 Å².